The van der Waals surface area contributed by atoms with Gasteiger partial charge in [-0.3, -0.25) is 0 Å². The maximum Gasteiger partial charge on any atom is 0.270 e. The summed E-state index contributed by atoms with van der Waals surface area (Å²) in [4.78, 5) is 0. The topological polar surface area (TPSA) is 30.5 Å². The minimum absolute atomic E-state index is 0.00526. The van der Waals surface area contributed by atoms with Gasteiger partial charge in [0.2, 0.25) is 6.79 Å². The van der Waals surface area contributed by atoms with Crippen molar-refractivity contribution in [3.05, 3.63) is 23.3 Å². The fraction of sp³-hybridized carbons (Fsp3) is 0.600. The van der Waals surface area contributed by atoms with E-state index in [0.29, 0.717) is 17.4 Å². The van der Waals surface area contributed by atoms with Crippen LogP contribution in [0.25, 0.3) is 0 Å². The van der Waals surface area contributed by atoms with Crippen LogP contribution >= 0.6 is 0 Å². The molecule has 1 aromatic carbocycles. The maximum absolute atomic E-state index is 13.6. The summed E-state index contributed by atoms with van der Waals surface area (Å²) in [5.41, 5.74) is 0.856. The first-order valence-corrected chi connectivity index (χ1v) is 7.05. The fourth-order valence-corrected chi connectivity index (χ4v) is 2.88. The van der Waals surface area contributed by atoms with Gasteiger partial charge in [-0.05, 0) is 56.0 Å². The Morgan fingerprint density at radius 3 is 2.70 bits per heavy atom. The maximum atomic E-state index is 13.6. The van der Waals surface area contributed by atoms with Crippen LogP contribution in [-0.4, -0.2) is 19.9 Å². The quantitative estimate of drug-likeness (QED) is 0.924. The van der Waals surface area contributed by atoms with E-state index >= 15 is 0 Å². The summed E-state index contributed by atoms with van der Waals surface area (Å²) < 4.78 is 37.9. The van der Waals surface area contributed by atoms with Gasteiger partial charge in [0.15, 0.2) is 11.5 Å². The zero-order chi connectivity index (χ0) is 14.2. The first-order chi connectivity index (χ1) is 9.54. The zero-order valence-corrected chi connectivity index (χ0v) is 11.5. The Bertz CT molecular complexity index is 493. The van der Waals surface area contributed by atoms with E-state index < -0.39 is 5.92 Å². The molecule has 5 heteroatoms. The van der Waals surface area contributed by atoms with Crippen molar-refractivity contribution in [2.75, 3.05) is 19.9 Å². The van der Waals surface area contributed by atoms with Crippen molar-refractivity contribution in [3.63, 3.8) is 0 Å². The highest BCUT2D eigenvalue weighted by molar-refractivity contribution is 5.52. The zero-order valence-electron chi connectivity index (χ0n) is 11.5. The average Bonchev–Trinajstić information content (AvgIpc) is 2.87. The molecule has 3 rings (SSSR count). The van der Waals surface area contributed by atoms with Crippen molar-refractivity contribution in [1.29, 1.82) is 0 Å². The summed E-state index contributed by atoms with van der Waals surface area (Å²) in [6.45, 7) is 3.02. The van der Waals surface area contributed by atoms with E-state index in [-0.39, 0.29) is 12.4 Å². The minimum Gasteiger partial charge on any atom is -0.454 e. The van der Waals surface area contributed by atoms with Crippen molar-refractivity contribution in [2.45, 2.75) is 32.1 Å². The SMILES string of the molecule is CC(F)(F)c1cc(CC2CCNCC2)c2c(c1)OCO2. The van der Waals surface area contributed by atoms with Gasteiger partial charge in [0, 0.05) is 12.5 Å². The van der Waals surface area contributed by atoms with E-state index in [0.717, 1.165) is 44.8 Å². The number of nitrogens with one attached hydrogen (secondary N) is 1. The van der Waals surface area contributed by atoms with Gasteiger partial charge >= 0.3 is 0 Å². The number of ether oxygens (including phenoxy) is 2. The van der Waals surface area contributed by atoms with E-state index in [1.807, 2.05) is 0 Å². The molecule has 0 unspecified atom stereocenters. The minimum atomic E-state index is -2.86. The summed E-state index contributed by atoms with van der Waals surface area (Å²) in [7, 11) is 0. The predicted octanol–water partition coefficient (Wildman–Crippen LogP) is 3.07. The summed E-state index contributed by atoms with van der Waals surface area (Å²) in [6.07, 6.45) is 2.92. The van der Waals surface area contributed by atoms with Crippen LogP contribution in [0.2, 0.25) is 0 Å². The van der Waals surface area contributed by atoms with Crippen LogP contribution < -0.4 is 14.8 Å². The van der Waals surface area contributed by atoms with Crippen LogP contribution in [0.4, 0.5) is 8.78 Å². The van der Waals surface area contributed by atoms with Gasteiger partial charge in [-0.25, -0.2) is 8.78 Å². The lowest BCUT2D eigenvalue weighted by atomic mass is 9.89. The van der Waals surface area contributed by atoms with Crippen molar-refractivity contribution in [3.8, 4) is 11.5 Å². The third kappa shape index (κ3) is 2.73. The number of piperidine rings is 1. The van der Waals surface area contributed by atoms with Crippen LogP contribution in [-0.2, 0) is 12.3 Å². The molecule has 0 amide bonds. The molecular formula is C15H19F2NO2. The van der Waals surface area contributed by atoms with Gasteiger partial charge < -0.3 is 14.8 Å². The second kappa shape index (κ2) is 5.20. The number of rotatable bonds is 3. The molecule has 0 radical (unpaired) electrons. The molecule has 1 saturated heterocycles. The van der Waals surface area contributed by atoms with E-state index in [4.69, 9.17) is 9.47 Å². The molecule has 0 spiro atoms. The molecule has 20 heavy (non-hydrogen) atoms. The molecule has 110 valence electrons. The lowest BCUT2D eigenvalue weighted by Crippen LogP contribution is -2.28. The molecular weight excluding hydrogens is 264 g/mol. The van der Waals surface area contributed by atoms with Crippen LogP contribution in [0.3, 0.4) is 0 Å². The molecule has 0 bridgehead atoms. The van der Waals surface area contributed by atoms with Crippen molar-refractivity contribution < 1.29 is 18.3 Å². The lowest BCUT2D eigenvalue weighted by molar-refractivity contribution is 0.0172. The molecule has 3 nitrogen and oxygen atoms in total. The number of alkyl halides is 2. The van der Waals surface area contributed by atoms with Gasteiger partial charge in [0.05, 0.1) is 0 Å². The third-order valence-electron chi connectivity index (χ3n) is 4.02. The van der Waals surface area contributed by atoms with E-state index in [1.165, 1.54) is 6.07 Å². The molecule has 2 aliphatic heterocycles. The molecule has 0 aliphatic carbocycles. The highest BCUT2D eigenvalue weighted by atomic mass is 19.3. The standard InChI is InChI=1S/C15H19F2NO2/c1-15(16,17)12-7-11(6-10-2-4-18-5-3-10)14-13(8-12)19-9-20-14/h7-8,10,18H,2-6,9H2,1H3. The average molecular weight is 283 g/mol. The normalized spacial score (nSPS) is 19.4. The Labute approximate surface area is 117 Å². The highest BCUT2D eigenvalue weighted by Gasteiger charge is 2.30. The summed E-state index contributed by atoms with van der Waals surface area (Å²) >= 11 is 0. The monoisotopic (exact) mass is 283 g/mol. The van der Waals surface area contributed by atoms with E-state index in [9.17, 15) is 8.78 Å². The Hall–Kier alpha value is -1.36. The van der Waals surface area contributed by atoms with E-state index in [1.54, 1.807) is 6.07 Å². The molecule has 1 aromatic rings. The molecule has 2 heterocycles. The predicted molar refractivity (Wildman–Crippen MR) is 71.4 cm³/mol. The Morgan fingerprint density at radius 1 is 1.25 bits per heavy atom. The number of hydrogen-bond acceptors (Lipinski definition) is 3. The van der Waals surface area contributed by atoms with Crippen molar-refractivity contribution in [1.82, 2.24) is 5.32 Å². The number of fused-ring (bicyclic) bond motifs is 1. The lowest BCUT2D eigenvalue weighted by Gasteiger charge is -2.23. The second-order valence-corrected chi connectivity index (χ2v) is 5.66. The van der Waals surface area contributed by atoms with E-state index in [2.05, 4.69) is 5.32 Å². The molecule has 1 fully saturated rings. The Kier molecular flexibility index (Phi) is 3.54. The van der Waals surface area contributed by atoms with Gasteiger partial charge in [-0.1, -0.05) is 0 Å². The Morgan fingerprint density at radius 2 is 2.00 bits per heavy atom. The van der Waals surface area contributed by atoms with Crippen LogP contribution in [0.1, 0.15) is 30.9 Å². The summed E-state index contributed by atoms with van der Waals surface area (Å²) in [6, 6.07) is 2.98. The first kappa shape index (κ1) is 13.6. The smallest absolute Gasteiger partial charge is 0.270 e. The van der Waals surface area contributed by atoms with Crippen molar-refractivity contribution in [2.24, 2.45) is 5.92 Å². The molecule has 0 aromatic heterocycles. The van der Waals surface area contributed by atoms with Crippen LogP contribution in [0.15, 0.2) is 12.1 Å². The van der Waals surface area contributed by atoms with Crippen molar-refractivity contribution >= 4 is 0 Å². The number of hydrogen-bond donors (Lipinski definition) is 1. The third-order valence-corrected chi connectivity index (χ3v) is 4.02. The number of halogens is 2. The number of benzene rings is 1. The van der Waals surface area contributed by atoms with Gasteiger partial charge in [0.25, 0.3) is 5.92 Å². The van der Waals surface area contributed by atoms with Crippen LogP contribution in [0, 0.1) is 5.92 Å². The summed E-state index contributed by atoms with van der Waals surface area (Å²) in [5.74, 6) is -1.24. The largest absolute Gasteiger partial charge is 0.454 e. The second-order valence-electron chi connectivity index (χ2n) is 5.66. The van der Waals surface area contributed by atoms with Gasteiger partial charge in [-0.15, -0.1) is 0 Å². The molecule has 2 aliphatic rings. The van der Waals surface area contributed by atoms with Gasteiger partial charge in [-0.2, -0.15) is 0 Å². The highest BCUT2D eigenvalue weighted by Crippen LogP contribution is 2.42. The molecule has 0 saturated carbocycles. The fourth-order valence-electron chi connectivity index (χ4n) is 2.88. The summed E-state index contributed by atoms with van der Waals surface area (Å²) in [5, 5.41) is 3.31. The van der Waals surface area contributed by atoms with Crippen LogP contribution in [0.5, 0.6) is 11.5 Å². The Balaban J connectivity index is 1.90. The van der Waals surface area contributed by atoms with Gasteiger partial charge in [0.1, 0.15) is 0 Å². The molecule has 0 atom stereocenters. The molecule has 1 N–H and O–H groups in total. The first-order valence-electron chi connectivity index (χ1n) is 7.05.